The maximum Gasteiger partial charge on any atom is 0.317 e. The van der Waals surface area contributed by atoms with Gasteiger partial charge in [-0.15, -0.1) is 0 Å². The first-order valence-corrected chi connectivity index (χ1v) is 7.61. The summed E-state index contributed by atoms with van der Waals surface area (Å²) >= 11 is 0. The van der Waals surface area contributed by atoms with Gasteiger partial charge in [0.1, 0.15) is 12.4 Å². The normalized spacial score (nSPS) is 16.0. The fourth-order valence-electron chi connectivity index (χ4n) is 2.52. The molecule has 1 atom stereocenters. The molecule has 1 fully saturated rings. The summed E-state index contributed by atoms with van der Waals surface area (Å²) in [6.45, 7) is 9.92. The minimum absolute atomic E-state index is 0.00475. The summed E-state index contributed by atoms with van der Waals surface area (Å²) < 4.78 is 5.80. The van der Waals surface area contributed by atoms with Crippen LogP contribution >= 0.6 is 0 Å². The average molecular weight is 291 g/mol. The Morgan fingerprint density at radius 1 is 1.48 bits per heavy atom. The third-order valence-electron chi connectivity index (χ3n) is 3.77. The molecular formula is C16H25N3O2. The van der Waals surface area contributed by atoms with Crippen LogP contribution < -0.4 is 15.4 Å². The largest absolute Gasteiger partial charge is 0.491 e. The van der Waals surface area contributed by atoms with Crippen LogP contribution in [0.2, 0.25) is 0 Å². The number of carbonyl (C=O) groups is 1. The van der Waals surface area contributed by atoms with Crippen molar-refractivity contribution >= 4 is 6.03 Å². The second-order valence-electron chi connectivity index (χ2n) is 5.37. The minimum Gasteiger partial charge on any atom is -0.491 e. The summed E-state index contributed by atoms with van der Waals surface area (Å²) in [5.74, 6) is 0.891. The maximum atomic E-state index is 11.4. The molecule has 1 heterocycles. The third-order valence-corrected chi connectivity index (χ3v) is 3.77. The van der Waals surface area contributed by atoms with Crippen molar-refractivity contribution in [1.29, 1.82) is 0 Å². The number of aryl methyl sites for hydroxylation is 1. The zero-order valence-corrected chi connectivity index (χ0v) is 13.1. The van der Waals surface area contributed by atoms with Crippen LogP contribution in [-0.2, 0) is 0 Å². The molecule has 2 amide bonds. The summed E-state index contributed by atoms with van der Waals surface area (Å²) in [6, 6.07) is 6.62. The second kappa shape index (κ2) is 7.31. The van der Waals surface area contributed by atoms with Crippen LogP contribution in [-0.4, -0.2) is 43.7 Å². The van der Waals surface area contributed by atoms with Crippen LogP contribution in [0, 0.1) is 6.92 Å². The predicted molar refractivity (Wildman–Crippen MR) is 83.7 cm³/mol. The highest BCUT2D eigenvalue weighted by Gasteiger charge is 2.18. The van der Waals surface area contributed by atoms with Crippen molar-refractivity contribution in [2.75, 3.05) is 32.8 Å². The number of rotatable bonds is 7. The molecule has 5 heteroatoms. The summed E-state index contributed by atoms with van der Waals surface area (Å²) in [5.41, 5.74) is 2.39. The van der Waals surface area contributed by atoms with Crippen LogP contribution in [0.15, 0.2) is 18.2 Å². The van der Waals surface area contributed by atoms with Gasteiger partial charge >= 0.3 is 6.03 Å². The molecule has 0 spiro atoms. The van der Waals surface area contributed by atoms with E-state index in [9.17, 15) is 4.79 Å². The van der Waals surface area contributed by atoms with E-state index in [2.05, 4.69) is 43.5 Å². The van der Waals surface area contributed by atoms with E-state index in [1.807, 2.05) is 6.07 Å². The molecule has 1 aliphatic heterocycles. The molecule has 1 aliphatic rings. The first-order chi connectivity index (χ1) is 10.1. The molecule has 21 heavy (non-hydrogen) atoms. The van der Waals surface area contributed by atoms with Crippen LogP contribution in [0.25, 0.3) is 0 Å². The van der Waals surface area contributed by atoms with Crippen molar-refractivity contribution in [3.8, 4) is 5.75 Å². The van der Waals surface area contributed by atoms with Gasteiger partial charge in [0.25, 0.3) is 0 Å². The molecule has 1 aromatic rings. The summed E-state index contributed by atoms with van der Waals surface area (Å²) in [4.78, 5) is 13.2. The monoisotopic (exact) mass is 291 g/mol. The van der Waals surface area contributed by atoms with Crippen LogP contribution in [0.5, 0.6) is 5.75 Å². The lowest BCUT2D eigenvalue weighted by molar-refractivity contribution is 0.202. The van der Waals surface area contributed by atoms with E-state index in [1.165, 1.54) is 5.56 Å². The number of benzene rings is 1. The fourth-order valence-corrected chi connectivity index (χ4v) is 2.52. The molecule has 1 unspecified atom stereocenters. The SMILES string of the molecule is CCNC(C)c1ccc(OCCN2CCNC2=O)c(C)c1. The van der Waals surface area contributed by atoms with Gasteiger partial charge in [-0.05, 0) is 37.6 Å². The number of nitrogens with zero attached hydrogens (tertiary/aromatic N) is 1. The van der Waals surface area contributed by atoms with E-state index in [1.54, 1.807) is 4.90 Å². The van der Waals surface area contributed by atoms with Crippen LogP contribution in [0.3, 0.4) is 0 Å². The number of urea groups is 1. The Balaban J connectivity index is 1.87. The third kappa shape index (κ3) is 4.11. The van der Waals surface area contributed by atoms with Crippen LogP contribution in [0.1, 0.15) is 31.0 Å². The van der Waals surface area contributed by atoms with E-state index in [4.69, 9.17) is 4.74 Å². The summed E-state index contributed by atoms with van der Waals surface area (Å²) in [7, 11) is 0. The van der Waals surface area contributed by atoms with E-state index in [-0.39, 0.29) is 6.03 Å². The first-order valence-electron chi connectivity index (χ1n) is 7.61. The molecule has 0 aromatic heterocycles. The molecule has 2 rings (SSSR count). The minimum atomic E-state index is 0.00475. The van der Waals surface area contributed by atoms with Gasteiger partial charge in [-0.25, -0.2) is 4.79 Å². The number of carbonyl (C=O) groups excluding carboxylic acids is 1. The summed E-state index contributed by atoms with van der Waals surface area (Å²) in [5, 5.41) is 6.19. The van der Waals surface area contributed by atoms with E-state index >= 15 is 0 Å². The zero-order chi connectivity index (χ0) is 15.2. The van der Waals surface area contributed by atoms with E-state index < -0.39 is 0 Å². The van der Waals surface area contributed by atoms with Crippen molar-refractivity contribution in [2.24, 2.45) is 0 Å². The number of amides is 2. The highest BCUT2D eigenvalue weighted by Crippen LogP contribution is 2.22. The number of ether oxygens (including phenoxy) is 1. The molecular weight excluding hydrogens is 266 g/mol. The van der Waals surface area contributed by atoms with Gasteiger partial charge in [-0.2, -0.15) is 0 Å². The number of nitrogens with one attached hydrogen (secondary N) is 2. The van der Waals surface area contributed by atoms with Gasteiger partial charge in [-0.3, -0.25) is 0 Å². The molecule has 0 radical (unpaired) electrons. The molecule has 116 valence electrons. The van der Waals surface area contributed by atoms with Crippen molar-refractivity contribution in [3.63, 3.8) is 0 Å². The van der Waals surface area contributed by atoms with Crippen molar-refractivity contribution in [2.45, 2.75) is 26.8 Å². The standard InChI is InChI=1S/C16H25N3O2/c1-4-17-13(3)14-5-6-15(12(2)11-14)21-10-9-19-8-7-18-16(19)20/h5-6,11,13,17H,4,7-10H2,1-3H3,(H,18,20). The van der Waals surface area contributed by atoms with Gasteiger partial charge < -0.3 is 20.3 Å². The summed E-state index contributed by atoms with van der Waals surface area (Å²) in [6.07, 6.45) is 0. The molecule has 0 saturated carbocycles. The molecule has 0 bridgehead atoms. The Hall–Kier alpha value is -1.75. The number of hydrogen-bond acceptors (Lipinski definition) is 3. The highest BCUT2D eigenvalue weighted by molar-refractivity contribution is 5.76. The van der Waals surface area contributed by atoms with Gasteiger partial charge in [-0.1, -0.05) is 19.1 Å². The Labute approximate surface area is 126 Å². The second-order valence-corrected chi connectivity index (χ2v) is 5.37. The smallest absolute Gasteiger partial charge is 0.317 e. The van der Waals surface area contributed by atoms with Crippen molar-refractivity contribution < 1.29 is 9.53 Å². The average Bonchev–Trinajstić information content (AvgIpc) is 2.86. The quantitative estimate of drug-likeness (QED) is 0.808. The van der Waals surface area contributed by atoms with Gasteiger partial charge in [0.05, 0.1) is 6.54 Å². The Morgan fingerprint density at radius 2 is 2.29 bits per heavy atom. The lowest BCUT2D eigenvalue weighted by atomic mass is 10.1. The van der Waals surface area contributed by atoms with Gasteiger partial charge in [0.2, 0.25) is 0 Å². The maximum absolute atomic E-state index is 11.4. The topological polar surface area (TPSA) is 53.6 Å². The molecule has 5 nitrogen and oxygen atoms in total. The Morgan fingerprint density at radius 3 is 2.90 bits per heavy atom. The van der Waals surface area contributed by atoms with Crippen LogP contribution in [0.4, 0.5) is 4.79 Å². The number of hydrogen-bond donors (Lipinski definition) is 2. The highest BCUT2D eigenvalue weighted by atomic mass is 16.5. The lowest BCUT2D eigenvalue weighted by Gasteiger charge is -2.17. The predicted octanol–water partition coefficient (Wildman–Crippen LogP) is 2.07. The fraction of sp³-hybridized carbons (Fsp3) is 0.562. The van der Waals surface area contributed by atoms with E-state index in [0.717, 1.165) is 30.9 Å². The van der Waals surface area contributed by atoms with Crippen molar-refractivity contribution in [1.82, 2.24) is 15.5 Å². The Bertz CT molecular complexity index is 490. The van der Waals surface area contributed by atoms with Gasteiger partial charge in [0, 0.05) is 19.1 Å². The molecule has 1 aromatic carbocycles. The van der Waals surface area contributed by atoms with Gasteiger partial charge in [0.15, 0.2) is 0 Å². The Kier molecular flexibility index (Phi) is 5.44. The zero-order valence-electron chi connectivity index (χ0n) is 13.1. The molecule has 1 saturated heterocycles. The lowest BCUT2D eigenvalue weighted by Crippen LogP contribution is -2.31. The van der Waals surface area contributed by atoms with Crippen molar-refractivity contribution in [3.05, 3.63) is 29.3 Å². The molecule has 0 aliphatic carbocycles. The molecule has 2 N–H and O–H groups in total. The van der Waals surface area contributed by atoms with E-state index in [0.29, 0.717) is 19.2 Å². The first kappa shape index (κ1) is 15.6.